The summed E-state index contributed by atoms with van der Waals surface area (Å²) in [6, 6.07) is 14.9. The van der Waals surface area contributed by atoms with E-state index in [4.69, 9.17) is 0 Å². The molecule has 1 heterocycles. The highest BCUT2D eigenvalue weighted by atomic mass is 16.1. The molecule has 0 spiro atoms. The molecular formula is C32H45N3O2. The molecule has 37 heavy (non-hydrogen) atoms. The first-order valence-corrected chi connectivity index (χ1v) is 14.2. The maximum atomic E-state index is 12.6. The minimum atomic E-state index is 0.0456. The van der Waals surface area contributed by atoms with Crippen LogP contribution in [-0.2, 0) is 24.1 Å². The van der Waals surface area contributed by atoms with Crippen molar-refractivity contribution in [1.29, 1.82) is 0 Å². The molecule has 1 saturated carbocycles. The summed E-state index contributed by atoms with van der Waals surface area (Å²) < 4.78 is 0. The van der Waals surface area contributed by atoms with Crippen LogP contribution in [0.1, 0.15) is 73.0 Å². The molecule has 1 amide bonds. The quantitative estimate of drug-likeness (QED) is 0.472. The Morgan fingerprint density at radius 1 is 0.946 bits per heavy atom. The summed E-state index contributed by atoms with van der Waals surface area (Å²) in [5, 5.41) is 3.28. The third-order valence-corrected chi connectivity index (χ3v) is 8.29. The van der Waals surface area contributed by atoms with E-state index in [1.54, 1.807) is 0 Å². The number of ketones is 1. The van der Waals surface area contributed by atoms with Gasteiger partial charge in [-0.2, -0.15) is 0 Å². The predicted molar refractivity (Wildman–Crippen MR) is 152 cm³/mol. The smallest absolute Gasteiger partial charge is 0.224 e. The molecule has 0 unspecified atom stereocenters. The minimum Gasteiger partial charge on any atom is -0.378 e. The van der Waals surface area contributed by atoms with E-state index in [1.165, 1.54) is 30.4 Å². The van der Waals surface area contributed by atoms with Gasteiger partial charge in [0.2, 0.25) is 5.91 Å². The summed E-state index contributed by atoms with van der Waals surface area (Å²) in [4.78, 5) is 29.7. The molecule has 2 aliphatic rings. The fourth-order valence-corrected chi connectivity index (χ4v) is 5.82. The van der Waals surface area contributed by atoms with Gasteiger partial charge in [0.25, 0.3) is 0 Å². The van der Waals surface area contributed by atoms with Gasteiger partial charge in [-0.3, -0.25) is 9.59 Å². The molecule has 0 bridgehead atoms. The van der Waals surface area contributed by atoms with Crippen LogP contribution in [0.4, 0.5) is 5.69 Å². The first-order valence-electron chi connectivity index (χ1n) is 14.2. The molecule has 1 aliphatic carbocycles. The number of Topliss-reactive ketones (excluding diaryl/α,β-unsaturated/α-hetero) is 1. The van der Waals surface area contributed by atoms with Crippen molar-refractivity contribution in [3.8, 4) is 0 Å². The van der Waals surface area contributed by atoms with Crippen molar-refractivity contribution in [3.05, 3.63) is 64.7 Å². The molecular weight excluding hydrogens is 458 g/mol. The second-order valence-corrected chi connectivity index (χ2v) is 11.7. The topological polar surface area (TPSA) is 52.7 Å². The first-order chi connectivity index (χ1) is 17.8. The number of hydrogen-bond donors (Lipinski definition) is 1. The van der Waals surface area contributed by atoms with Crippen molar-refractivity contribution in [2.45, 2.75) is 71.3 Å². The maximum Gasteiger partial charge on any atom is 0.224 e. The van der Waals surface area contributed by atoms with Gasteiger partial charge in [0, 0.05) is 50.4 Å². The zero-order chi connectivity index (χ0) is 26.4. The lowest BCUT2D eigenvalue weighted by Crippen LogP contribution is -2.39. The Balaban J connectivity index is 1.16. The lowest BCUT2D eigenvalue weighted by molar-refractivity contribution is -0.121. The zero-order valence-corrected chi connectivity index (χ0v) is 23.3. The monoisotopic (exact) mass is 503 g/mol. The summed E-state index contributed by atoms with van der Waals surface area (Å²) in [5.74, 6) is 1.19. The van der Waals surface area contributed by atoms with Crippen molar-refractivity contribution in [2.75, 3.05) is 38.6 Å². The van der Waals surface area contributed by atoms with Crippen LogP contribution >= 0.6 is 0 Å². The van der Waals surface area contributed by atoms with Gasteiger partial charge in [-0.15, -0.1) is 0 Å². The molecule has 1 N–H and O–H groups in total. The lowest BCUT2D eigenvalue weighted by Gasteiger charge is -2.30. The highest BCUT2D eigenvalue weighted by Crippen LogP contribution is 2.28. The largest absolute Gasteiger partial charge is 0.378 e. The first kappa shape index (κ1) is 27.4. The van der Waals surface area contributed by atoms with Crippen molar-refractivity contribution >= 4 is 17.4 Å². The van der Waals surface area contributed by atoms with E-state index in [2.05, 4.69) is 51.5 Å². The van der Waals surface area contributed by atoms with Gasteiger partial charge in [-0.1, -0.05) is 38.1 Å². The Labute approximate surface area is 223 Å². The molecule has 0 radical (unpaired) electrons. The van der Waals surface area contributed by atoms with Crippen molar-refractivity contribution in [3.63, 3.8) is 0 Å². The Morgan fingerprint density at radius 3 is 2.27 bits per heavy atom. The Hall–Kier alpha value is -2.66. The third kappa shape index (κ3) is 7.67. The number of benzene rings is 2. The summed E-state index contributed by atoms with van der Waals surface area (Å²) in [7, 11) is 4.05. The molecule has 5 heteroatoms. The summed E-state index contributed by atoms with van der Waals surface area (Å²) in [6.45, 7) is 7.28. The van der Waals surface area contributed by atoms with Gasteiger partial charge < -0.3 is 15.1 Å². The second kappa shape index (κ2) is 12.7. The molecule has 2 aromatic rings. The van der Waals surface area contributed by atoms with Crippen LogP contribution in [0.15, 0.2) is 42.5 Å². The van der Waals surface area contributed by atoms with Gasteiger partial charge >= 0.3 is 0 Å². The number of carbonyl (C=O) groups excluding carboxylic acids is 2. The number of amides is 1. The average Bonchev–Trinajstić information content (AvgIpc) is 3.10. The molecule has 0 atom stereocenters. The van der Waals surface area contributed by atoms with Crippen molar-refractivity contribution in [2.24, 2.45) is 11.8 Å². The Bertz CT molecular complexity index is 1050. The van der Waals surface area contributed by atoms with E-state index in [-0.39, 0.29) is 17.6 Å². The summed E-state index contributed by atoms with van der Waals surface area (Å²) >= 11 is 0. The number of nitrogens with one attached hydrogen (secondary N) is 1. The fourth-order valence-electron chi connectivity index (χ4n) is 5.82. The van der Waals surface area contributed by atoms with Crippen LogP contribution in [0.25, 0.3) is 0 Å². The predicted octanol–water partition coefficient (Wildman–Crippen LogP) is 5.30. The normalized spacial score (nSPS) is 20.2. The van der Waals surface area contributed by atoms with Crippen LogP contribution in [0.2, 0.25) is 0 Å². The van der Waals surface area contributed by atoms with Crippen LogP contribution in [0.3, 0.4) is 0 Å². The van der Waals surface area contributed by atoms with E-state index in [0.717, 1.165) is 68.0 Å². The molecule has 1 aliphatic heterocycles. The number of hydrogen-bond acceptors (Lipinski definition) is 4. The van der Waals surface area contributed by atoms with Crippen LogP contribution in [0.5, 0.6) is 0 Å². The van der Waals surface area contributed by atoms with Gasteiger partial charge in [-0.05, 0) is 92.3 Å². The van der Waals surface area contributed by atoms with Crippen LogP contribution in [0, 0.1) is 11.8 Å². The standard InChI is InChI=1S/C32H45N3O2/c1-23(2)32(37)28-10-9-26-16-19-35(20-17-27(26)22-28)18-15-24-5-11-29(12-6-24)33-31(36)21-25-7-13-30(14-8-25)34(3)4/h7-10,13-14,22-24,29H,5-6,11-12,15-21H2,1-4H3,(H,33,36). The van der Waals surface area contributed by atoms with E-state index < -0.39 is 0 Å². The van der Waals surface area contributed by atoms with Gasteiger partial charge in [-0.25, -0.2) is 0 Å². The summed E-state index contributed by atoms with van der Waals surface area (Å²) in [5.41, 5.74) is 5.86. The molecule has 4 rings (SSSR count). The maximum absolute atomic E-state index is 12.6. The summed E-state index contributed by atoms with van der Waals surface area (Å²) in [6.07, 6.45) is 8.40. The number of rotatable bonds is 9. The van der Waals surface area contributed by atoms with Crippen molar-refractivity contribution < 1.29 is 9.59 Å². The van der Waals surface area contributed by atoms with Crippen LogP contribution in [-0.4, -0.2) is 56.4 Å². The second-order valence-electron chi connectivity index (χ2n) is 11.7. The number of anilines is 1. The van der Waals surface area contributed by atoms with E-state index >= 15 is 0 Å². The number of carbonyl (C=O) groups is 2. The van der Waals surface area contributed by atoms with E-state index in [9.17, 15) is 9.59 Å². The molecule has 200 valence electrons. The third-order valence-electron chi connectivity index (χ3n) is 8.29. The molecule has 2 aromatic carbocycles. The molecule has 0 saturated heterocycles. The van der Waals surface area contributed by atoms with E-state index in [0.29, 0.717) is 12.5 Å². The van der Waals surface area contributed by atoms with E-state index in [1.807, 2.05) is 34.0 Å². The number of fused-ring (bicyclic) bond motifs is 1. The Kier molecular flexibility index (Phi) is 9.42. The van der Waals surface area contributed by atoms with Gasteiger partial charge in [0.05, 0.1) is 6.42 Å². The fraction of sp³-hybridized carbons (Fsp3) is 0.562. The Morgan fingerprint density at radius 2 is 1.62 bits per heavy atom. The molecule has 5 nitrogen and oxygen atoms in total. The average molecular weight is 504 g/mol. The zero-order valence-electron chi connectivity index (χ0n) is 23.3. The highest BCUT2D eigenvalue weighted by molar-refractivity contribution is 5.97. The molecule has 1 fully saturated rings. The van der Waals surface area contributed by atoms with Gasteiger partial charge in [0.1, 0.15) is 0 Å². The van der Waals surface area contributed by atoms with Crippen LogP contribution < -0.4 is 10.2 Å². The van der Waals surface area contributed by atoms with Crippen molar-refractivity contribution in [1.82, 2.24) is 10.2 Å². The lowest BCUT2D eigenvalue weighted by atomic mass is 9.84. The van der Waals surface area contributed by atoms with Gasteiger partial charge in [0.15, 0.2) is 5.78 Å². The SMILES string of the molecule is CC(C)C(=O)c1ccc2c(c1)CCN(CCC1CCC(NC(=O)Cc3ccc(N(C)C)cc3)CC1)CC2. The number of nitrogens with zero attached hydrogens (tertiary/aromatic N) is 2. The minimum absolute atomic E-state index is 0.0456. The highest BCUT2D eigenvalue weighted by Gasteiger charge is 2.24. The molecule has 0 aromatic heterocycles.